The van der Waals surface area contributed by atoms with Crippen molar-refractivity contribution in [1.29, 1.82) is 0 Å². The van der Waals surface area contributed by atoms with Crippen LogP contribution >= 0.6 is 0 Å². The molecule has 0 spiro atoms. The van der Waals surface area contributed by atoms with Gasteiger partial charge in [0, 0.05) is 24.9 Å². The molecule has 0 bridgehead atoms. The number of aryl methyl sites for hydroxylation is 3. The molecule has 0 N–H and O–H groups in total. The van der Waals surface area contributed by atoms with Gasteiger partial charge in [-0.15, -0.1) is 0 Å². The molecule has 0 amide bonds. The second-order valence-corrected chi connectivity index (χ2v) is 5.29. The Labute approximate surface area is 133 Å². The molecule has 3 aromatic rings. The van der Waals surface area contributed by atoms with E-state index >= 15 is 0 Å². The zero-order valence-electron chi connectivity index (χ0n) is 13.3. The summed E-state index contributed by atoms with van der Waals surface area (Å²) in [6.45, 7) is 4.13. The van der Waals surface area contributed by atoms with Gasteiger partial charge in [0.1, 0.15) is 23.9 Å². The first-order chi connectivity index (χ1) is 11.1. The zero-order valence-corrected chi connectivity index (χ0v) is 13.3. The molecule has 23 heavy (non-hydrogen) atoms. The Hall–Kier alpha value is -2.63. The van der Waals surface area contributed by atoms with Crippen molar-refractivity contribution in [2.75, 3.05) is 0 Å². The fraction of sp³-hybridized carbons (Fsp3) is 0.294. The van der Waals surface area contributed by atoms with Crippen LogP contribution < -0.4 is 4.74 Å². The SMILES string of the molecule is CCc1noc(C)c1COc1cc(F)ccc1-c1ccnn1C. The van der Waals surface area contributed by atoms with Crippen LogP contribution in [0.1, 0.15) is 23.9 Å². The third-order valence-electron chi connectivity index (χ3n) is 3.81. The van der Waals surface area contributed by atoms with Crippen LogP contribution in [0.25, 0.3) is 11.3 Å². The molecular formula is C17H18FN3O2. The normalized spacial score (nSPS) is 11.0. The molecule has 5 nitrogen and oxygen atoms in total. The minimum absolute atomic E-state index is 0.285. The number of nitrogens with zero attached hydrogens (tertiary/aromatic N) is 3. The molecule has 0 atom stereocenters. The molecule has 6 heteroatoms. The topological polar surface area (TPSA) is 53.1 Å². The van der Waals surface area contributed by atoms with Crippen molar-refractivity contribution in [3.63, 3.8) is 0 Å². The third kappa shape index (κ3) is 2.97. The van der Waals surface area contributed by atoms with E-state index in [0.29, 0.717) is 5.75 Å². The standard InChI is InChI=1S/C17H18FN3O2/c1-4-15-14(11(2)23-20-15)10-22-17-9-12(18)5-6-13(17)16-7-8-19-21(16)3/h5-9H,4,10H2,1-3H3. The number of benzene rings is 1. The summed E-state index contributed by atoms with van der Waals surface area (Å²) in [5, 5.41) is 8.16. The van der Waals surface area contributed by atoms with E-state index in [1.54, 1.807) is 16.9 Å². The first-order valence-electron chi connectivity index (χ1n) is 7.45. The lowest BCUT2D eigenvalue weighted by molar-refractivity contribution is 0.301. The number of rotatable bonds is 5. The van der Waals surface area contributed by atoms with Crippen molar-refractivity contribution in [3.05, 3.63) is 53.3 Å². The highest BCUT2D eigenvalue weighted by Gasteiger charge is 2.15. The van der Waals surface area contributed by atoms with Gasteiger partial charge < -0.3 is 9.26 Å². The average Bonchev–Trinajstić information content (AvgIpc) is 3.11. The average molecular weight is 315 g/mol. The Morgan fingerprint density at radius 3 is 2.83 bits per heavy atom. The van der Waals surface area contributed by atoms with E-state index in [0.717, 1.165) is 34.7 Å². The number of aromatic nitrogens is 3. The number of hydrogen-bond donors (Lipinski definition) is 0. The first-order valence-corrected chi connectivity index (χ1v) is 7.45. The van der Waals surface area contributed by atoms with Gasteiger partial charge in [-0.1, -0.05) is 12.1 Å². The van der Waals surface area contributed by atoms with Crippen LogP contribution in [-0.2, 0) is 20.1 Å². The van der Waals surface area contributed by atoms with Gasteiger partial charge in [0.25, 0.3) is 0 Å². The lowest BCUT2D eigenvalue weighted by Gasteiger charge is -2.12. The van der Waals surface area contributed by atoms with Crippen LogP contribution in [0.15, 0.2) is 35.0 Å². The van der Waals surface area contributed by atoms with E-state index in [1.807, 2.05) is 27.0 Å². The van der Waals surface area contributed by atoms with Crippen LogP contribution in [0, 0.1) is 12.7 Å². The lowest BCUT2D eigenvalue weighted by Crippen LogP contribution is -2.02. The highest BCUT2D eigenvalue weighted by Crippen LogP contribution is 2.31. The fourth-order valence-corrected chi connectivity index (χ4v) is 2.52. The van der Waals surface area contributed by atoms with Gasteiger partial charge in [0.2, 0.25) is 0 Å². The van der Waals surface area contributed by atoms with Gasteiger partial charge in [0.15, 0.2) is 0 Å². The minimum Gasteiger partial charge on any atom is -0.488 e. The number of halogens is 1. The Morgan fingerprint density at radius 1 is 1.30 bits per heavy atom. The number of ether oxygens (including phenoxy) is 1. The van der Waals surface area contributed by atoms with Gasteiger partial charge >= 0.3 is 0 Å². The van der Waals surface area contributed by atoms with Gasteiger partial charge in [-0.05, 0) is 31.5 Å². The molecule has 0 aliphatic carbocycles. The van der Waals surface area contributed by atoms with Crippen molar-refractivity contribution < 1.29 is 13.7 Å². The monoisotopic (exact) mass is 315 g/mol. The molecule has 0 unspecified atom stereocenters. The highest BCUT2D eigenvalue weighted by atomic mass is 19.1. The Bertz CT molecular complexity index is 823. The molecule has 0 saturated carbocycles. The molecule has 2 heterocycles. The van der Waals surface area contributed by atoms with Crippen LogP contribution in [0.5, 0.6) is 5.75 Å². The molecule has 0 aliphatic rings. The van der Waals surface area contributed by atoms with Crippen molar-refractivity contribution >= 4 is 0 Å². The molecule has 2 aromatic heterocycles. The lowest BCUT2D eigenvalue weighted by atomic mass is 10.1. The van der Waals surface area contributed by atoms with Crippen LogP contribution in [0.3, 0.4) is 0 Å². The summed E-state index contributed by atoms with van der Waals surface area (Å²) < 4.78 is 26.5. The summed E-state index contributed by atoms with van der Waals surface area (Å²) in [6, 6.07) is 6.36. The molecule has 0 aliphatic heterocycles. The molecule has 1 aromatic carbocycles. The van der Waals surface area contributed by atoms with Gasteiger partial charge in [0.05, 0.1) is 17.0 Å². The summed E-state index contributed by atoms with van der Waals surface area (Å²) in [5.41, 5.74) is 3.42. The van der Waals surface area contributed by atoms with E-state index in [4.69, 9.17) is 9.26 Å². The second kappa shape index (κ2) is 6.24. The van der Waals surface area contributed by atoms with Crippen molar-refractivity contribution in [2.24, 2.45) is 7.05 Å². The van der Waals surface area contributed by atoms with Crippen LogP contribution in [0.2, 0.25) is 0 Å². The maximum absolute atomic E-state index is 13.6. The zero-order chi connectivity index (χ0) is 16.4. The summed E-state index contributed by atoms with van der Waals surface area (Å²) in [7, 11) is 1.84. The highest BCUT2D eigenvalue weighted by molar-refractivity contribution is 5.67. The predicted molar refractivity (Wildman–Crippen MR) is 83.6 cm³/mol. The van der Waals surface area contributed by atoms with Crippen LogP contribution in [0.4, 0.5) is 4.39 Å². The first kappa shape index (κ1) is 15.3. The van der Waals surface area contributed by atoms with E-state index in [-0.39, 0.29) is 12.4 Å². The molecule has 0 fully saturated rings. The summed E-state index contributed by atoms with van der Waals surface area (Å²) >= 11 is 0. The van der Waals surface area contributed by atoms with E-state index in [9.17, 15) is 4.39 Å². The molecule has 3 rings (SSSR count). The third-order valence-corrected chi connectivity index (χ3v) is 3.81. The maximum atomic E-state index is 13.6. The fourth-order valence-electron chi connectivity index (χ4n) is 2.52. The quantitative estimate of drug-likeness (QED) is 0.721. The molecule has 120 valence electrons. The van der Waals surface area contributed by atoms with Gasteiger partial charge in [-0.2, -0.15) is 5.10 Å². The van der Waals surface area contributed by atoms with Gasteiger partial charge in [-0.3, -0.25) is 4.68 Å². The van der Waals surface area contributed by atoms with E-state index < -0.39 is 0 Å². The summed E-state index contributed by atoms with van der Waals surface area (Å²) in [6.07, 6.45) is 2.45. The molecule has 0 saturated heterocycles. The molecule has 0 radical (unpaired) electrons. The molecular weight excluding hydrogens is 297 g/mol. The Morgan fingerprint density at radius 2 is 2.13 bits per heavy atom. The maximum Gasteiger partial charge on any atom is 0.140 e. The van der Waals surface area contributed by atoms with Crippen molar-refractivity contribution in [2.45, 2.75) is 26.9 Å². The Balaban J connectivity index is 1.92. The number of hydrogen-bond acceptors (Lipinski definition) is 4. The van der Waals surface area contributed by atoms with E-state index in [2.05, 4.69) is 10.3 Å². The largest absolute Gasteiger partial charge is 0.488 e. The van der Waals surface area contributed by atoms with Gasteiger partial charge in [-0.25, -0.2) is 4.39 Å². The summed E-state index contributed by atoms with van der Waals surface area (Å²) in [4.78, 5) is 0. The summed E-state index contributed by atoms with van der Waals surface area (Å²) in [5.74, 6) is 0.847. The predicted octanol–water partition coefficient (Wildman–Crippen LogP) is 3.66. The Kier molecular flexibility index (Phi) is 4.14. The second-order valence-electron chi connectivity index (χ2n) is 5.29. The smallest absolute Gasteiger partial charge is 0.140 e. The van der Waals surface area contributed by atoms with Crippen molar-refractivity contribution in [3.8, 4) is 17.0 Å². The van der Waals surface area contributed by atoms with Crippen molar-refractivity contribution in [1.82, 2.24) is 14.9 Å². The minimum atomic E-state index is -0.344. The van der Waals surface area contributed by atoms with Crippen LogP contribution in [-0.4, -0.2) is 14.9 Å². The van der Waals surface area contributed by atoms with E-state index in [1.165, 1.54) is 12.1 Å².